The van der Waals surface area contributed by atoms with Crippen molar-refractivity contribution < 1.29 is 74.6 Å². The predicted octanol–water partition coefficient (Wildman–Crippen LogP) is 9.54. The lowest BCUT2D eigenvalue weighted by molar-refractivity contribution is -0.0295. The molecule has 0 amide bonds. The monoisotopic (exact) mass is 1210 g/mol. The number of nitrogens with one attached hydrogen (secondary N) is 1. The Bertz CT molecular complexity index is 3280. The Hall–Kier alpha value is -6.91. The van der Waals surface area contributed by atoms with Crippen molar-refractivity contribution in [1.29, 1.82) is 0 Å². The molecule has 0 aromatic heterocycles. The van der Waals surface area contributed by atoms with Gasteiger partial charge in [-0.15, -0.1) is 0 Å². The molecule has 0 aliphatic carbocycles. The van der Waals surface area contributed by atoms with E-state index in [-0.39, 0.29) is 40.9 Å². The van der Waals surface area contributed by atoms with E-state index in [1.54, 1.807) is 37.3 Å². The fraction of sp³-hybridized carbons (Fsp3) is 0.373. The Labute approximate surface area is 500 Å². The summed E-state index contributed by atoms with van der Waals surface area (Å²) in [6.07, 6.45) is -0.145. The number of aliphatic hydroxyl groups excluding tert-OH is 5. The van der Waals surface area contributed by atoms with Crippen LogP contribution in [0.3, 0.4) is 0 Å². The molecule has 0 spiro atoms. The SMILES string of the molecule is CCO.Cc1ccc(S(=O)(=O)OC[C@@H](O)[C@@H]2CCc3cc(F)ccc3O2)cc1.O[C@H](CN(Cc1ccccc1)C[C@@H](O)[C@H]1CCc2cc(F)ccc2O1)[C@@H]1CCc2cc(F)ccc2O1.O[C@H](CNCc1ccccc1)[C@H]1CCc2cc(F)ccc2O1. The Balaban J connectivity index is 0.000000170. The normalized spacial score (nSPS) is 18.8. The van der Waals surface area contributed by atoms with Crippen LogP contribution in [0, 0.1) is 30.2 Å². The molecule has 6 N–H and O–H groups in total. The van der Waals surface area contributed by atoms with E-state index in [0.717, 1.165) is 39.8 Å². The third-order valence-corrected chi connectivity index (χ3v) is 16.4. The first-order valence-corrected chi connectivity index (χ1v) is 30.4. The molecule has 0 unspecified atom stereocenters. The maximum absolute atomic E-state index is 13.5. The average molecular weight is 1210 g/mol. The van der Waals surface area contributed by atoms with Gasteiger partial charge in [-0.1, -0.05) is 78.4 Å². The third-order valence-electron chi connectivity index (χ3n) is 15.1. The van der Waals surface area contributed by atoms with Crippen LogP contribution in [0.25, 0.3) is 0 Å². The van der Waals surface area contributed by atoms with Gasteiger partial charge in [0.05, 0.1) is 11.5 Å². The highest BCUT2D eigenvalue weighted by molar-refractivity contribution is 7.86. The number of ether oxygens (including phenoxy) is 4. The minimum absolute atomic E-state index is 0.0377. The number of aryl methyl sites for hydroxylation is 5. The van der Waals surface area contributed by atoms with Gasteiger partial charge in [0.1, 0.15) is 95.1 Å². The predicted molar refractivity (Wildman–Crippen MR) is 318 cm³/mol. The second kappa shape index (κ2) is 31.7. The minimum Gasteiger partial charge on any atom is -0.487 e. The maximum atomic E-state index is 13.5. The summed E-state index contributed by atoms with van der Waals surface area (Å²) in [5.74, 6) is 1.21. The second-order valence-electron chi connectivity index (χ2n) is 21.7. The first-order chi connectivity index (χ1) is 41.4. The average Bonchev–Trinajstić information content (AvgIpc) is 2.42. The molecule has 8 atom stereocenters. The Kier molecular flexibility index (Phi) is 23.9. The lowest BCUT2D eigenvalue weighted by atomic mass is 9.97. The highest BCUT2D eigenvalue weighted by atomic mass is 32.2. The molecule has 0 saturated carbocycles. The zero-order chi connectivity index (χ0) is 61.2. The number of fused-ring (bicyclic) bond motifs is 4. The zero-order valence-electron chi connectivity index (χ0n) is 48.2. The Morgan fingerprint density at radius 1 is 0.523 bits per heavy atom. The van der Waals surface area contributed by atoms with Crippen molar-refractivity contribution in [1.82, 2.24) is 10.2 Å². The standard InChI is InChI=1S/C29H31F2NO4.C18H20FNO2.C18H19FO5S.C2H6O/c30-22-8-12-26-20(14-22)6-10-28(35-26)24(33)17-32(16-19-4-2-1-3-5-19)18-25(34)29-11-7-21-15-23(31)9-13-27(21)36-29;19-15-7-9-17-14(10-15)6-8-18(22-17)16(21)12-20-11-13-4-2-1-3-5-13;1-12-2-6-15(7-3-12)25(21,22)23-11-16(20)18-8-4-13-10-14(19)5-9-17(13)24-18;1-2-3/h1-5,8-9,12-15,24-25,28-29,33-34H,6-7,10-11,16-18H2;1-5,7,9-10,16,18,20-21H,6,8,11-12H2;2-3,5-7,9-10,16,18,20H,4,8,11H2,1H3;3H,2H2,1H3/t24-,25-,28-,29+;16-,18-;16-,18+;/m111./s1. The number of aliphatic hydroxyl groups is 5. The van der Waals surface area contributed by atoms with Crippen LogP contribution in [-0.4, -0.2) is 121 Å². The van der Waals surface area contributed by atoms with E-state index in [9.17, 15) is 46.4 Å². The number of rotatable bonds is 18. The smallest absolute Gasteiger partial charge is 0.297 e. The van der Waals surface area contributed by atoms with Crippen molar-refractivity contribution in [2.24, 2.45) is 0 Å². The van der Waals surface area contributed by atoms with Gasteiger partial charge < -0.3 is 49.8 Å². The summed E-state index contributed by atoms with van der Waals surface area (Å²) in [5.41, 5.74) is 6.41. The second-order valence-corrected chi connectivity index (χ2v) is 23.3. The minimum atomic E-state index is -3.94. The topological polar surface area (TPSA) is 197 Å². The van der Waals surface area contributed by atoms with Gasteiger partial charge in [-0.2, -0.15) is 8.42 Å². The van der Waals surface area contributed by atoms with Crippen molar-refractivity contribution in [2.45, 2.75) is 132 Å². The van der Waals surface area contributed by atoms with Crippen molar-refractivity contribution in [3.63, 3.8) is 0 Å². The quantitative estimate of drug-likeness (QED) is 0.0351. The van der Waals surface area contributed by atoms with Gasteiger partial charge in [-0.25, -0.2) is 17.6 Å². The summed E-state index contributed by atoms with van der Waals surface area (Å²) in [4.78, 5) is 2.05. The molecule has 4 aliphatic heterocycles. The van der Waals surface area contributed by atoms with Gasteiger partial charge in [0.25, 0.3) is 10.1 Å². The van der Waals surface area contributed by atoms with Crippen molar-refractivity contribution in [3.05, 3.63) is 220 Å². The van der Waals surface area contributed by atoms with E-state index in [1.807, 2.05) is 72.5 Å². The van der Waals surface area contributed by atoms with E-state index in [2.05, 4.69) is 5.32 Å². The van der Waals surface area contributed by atoms with Crippen LogP contribution in [0.1, 0.15) is 71.6 Å². The molecule has 0 radical (unpaired) electrons. The van der Waals surface area contributed by atoms with Crippen LogP contribution < -0.4 is 24.3 Å². The lowest BCUT2D eigenvalue weighted by Crippen LogP contribution is -2.48. The molecule has 7 aromatic rings. The number of hydrogen-bond donors (Lipinski definition) is 6. The summed E-state index contributed by atoms with van der Waals surface area (Å²) in [6.45, 7) is 5.69. The first kappa shape index (κ1) is 65.1. The van der Waals surface area contributed by atoms with E-state index < -0.39 is 59.5 Å². The molecule has 0 fully saturated rings. The van der Waals surface area contributed by atoms with Crippen molar-refractivity contribution in [2.75, 3.05) is 32.8 Å². The van der Waals surface area contributed by atoms with E-state index in [1.165, 1.54) is 72.3 Å². The zero-order valence-corrected chi connectivity index (χ0v) is 49.0. The Morgan fingerprint density at radius 3 is 1.28 bits per heavy atom. The molecule has 0 saturated heterocycles. The fourth-order valence-electron chi connectivity index (χ4n) is 10.5. The number of nitrogens with zero attached hydrogens (tertiary/aromatic N) is 1. The summed E-state index contributed by atoms with van der Waals surface area (Å²) in [6, 6.07) is 43.8. The summed E-state index contributed by atoms with van der Waals surface area (Å²) >= 11 is 0. The lowest BCUT2D eigenvalue weighted by Gasteiger charge is -2.35. The molecule has 460 valence electrons. The van der Waals surface area contributed by atoms with Crippen LogP contribution >= 0.6 is 0 Å². The van der Waals surface area contributed by atoms with Crippen LogP contribution in [0.5, 0.6) is 23.0 Å². The van der Waals surface area contributed by atoms with E-state index in [4.69, 9.17) is 28.2 Å². The van der Waals surface area contributed by atoms with Crippen LogP contribution in [-0.2, 0) is 53.1 Å². The fourth-order valence-corrected chi connectivity index (χ4v) is 11.5. The molecular weight excluding hydrogens is 1130 g/mol. The first-order valence-electron chi connectivity index (χ1n) is 29.0. The van der Waals surface area contributed by atoms with Crippen LogP contribution in [0.2, 0.25) is 0 Å². The molecule has 19 heteroatoms. The van der Waals surface area contributed by atoms with Crippen LogP contribution in [0.4, 0.5) is 17.6 Å². The largest absolute Gasteiger partial charge is 0.487 e. The van der Waals surface area contributed by atoms with Gasteiger partial charge in [0, 0.05) is 39.3 Å². The van der Waals surface area contributed by atoms with E-state index in [0.29, 0.717) is 101 Å². The van der Waals surface area contributed by atoms with Crippen molar-refractivity contribution >= 4 is 10.1 Å². The number of benzene rings is 7. The summed E-state index contributed by atoms with van der Waals surface area (Å²) < 4.78 is 106. The highest BCUT2D eigenvalue weighted by Crippen LogP contribution is 2.34. The van der Waals surface area contributed by atoms with Gasteiger partial charge >= 0.3 is 0 Å². The number of halogens is 4. The highest BCUT2D eigenvalue weighted by Gasteiger charge is 2.33. The summed E-state index contributed by atoms with van der Waals surface area (Å²) in [7, 11) is -3.94. The molecular formula is C67H76F4N2O12S. The van der Waals surface area contributed by atoms with E-state index >= 15 is 0 Å². The van der Waals surface area contributed by atoms with Crippen molar-refractivity contribution in [3.8, 4) is 23.0 Å². The Morgan fingerprint density at radius 2 is 0.884 bits per heavy atom. The molecule has 11 rings (SSSR count). The van der Waals surface area contributed by atoms with Gasteiger partial charge in [0.15, 0.2) is 0 Å². The molecule has 7 aromatic carbocycles. The number of hydrogen-bond acceptors (Lipinski definition) is 14. The molecule has 14 nitrogen and oxygen atoms in total. The van der Waals surface area contributed by atoms with Crippen LogP contribution in [0.15, 0.2) is 163 Å². The van der Waals surface area contributed by atoms with Gasteiger partial charge in [0.2, 0.25) is 0 Å². The maximum Gasteiger partial charge on any atom is 0.297 e. The molecule has 86 heavy (non-hydrogen) atoms. The summed E-state index contributed by atoms with van der Waals surface area (Å²) in [5, 5.41) is 53.5. The van der Waals surface area contributed by atoms with Gasteiger partial charge in [-0.3, -0.25) is 9.08 Å². The molecule has 4 heterocycles. The molecule has 0 bridgehead atoms. The van der Waals surface area contributed by atoms with Gasteiger partial charge in [-0.05, 0) is 184 Å². The third kappa shape index (κ3) is 19.0. The molecule has 4 aliphatic rings.